The number of amides is 1. The van der Waals surface area contributed by atoms with Crippen LogP contribution in [0.4, 0.5) is 0 Å². The van der Waals surface area contributed by atoms with E-state index in [1.54, 1.807) is 12.2 Å². The molecule has 30 heavy (non-hydrogen) atoms. The highest BCUT2D eigenvalue weighted by Gasteiger charge is 2.65. The van der Waals surface area contributed by atoms with Gasteiger partial charge in [0.15, 0.2) is 6.29 Å². The Kier molecular flexibility index (Phi) is 7.80. The Morgan fingerprint density at radius 2 is 2.13 bits per heavy atom. The van der Waals surface area contributed by atoms with E-state index in [-0.39, 0.29) is 17.0 Å². The molecular formula is C23H34ClNO5. The van der Waals surface area contributed by atoms with E-state index in [2.05, 4.69) is 25.2 Å². The van der Waals surface area contributed by atoms with Gasteiger partial charge in [-0.25, -0.2) is 0 Å². The minimum absolute atomic E-state index is 0.248. The van der Waals surface area contributed by atoms with E-state index in [1.165, 1.54) is 31.8 Å². The number of unbranched alkanes of at least 4 members (excludes halogenated alkanes) is 3. The number of allylic oxidation sites excluding steroid dienone is 3. The predicted molar refractivity (Wildman–Crippen MR) is 116 cm³/mol. The monoisotopic (exact) mass is 439 g/mol. The molecule has 6 nitrogen and oxygen atoms in total. The fourth-order valence-electron chi connectivity index (χ4n) is 4.43. The third kappa shape index (κ3) is 5.54. The van der Waals surface area contributed by atoms with E-state index < -0.39 is 30.1 Å². The molecule has 0 bridgehead atoms. The van der Waals surface area contributed by atoms with Crippen molar-refractivity contribution in [2.45, 2.75) is 95.5 Å². The fourth-order valence-corrected chi connectivity index (χ4v) is 4.74. The summed E-state index contributed by atoms with van der Waals surface area (Å²) in [6.45, 7) is 6.39. The average Bonchev–Trinajstić information content (AvgIpc) is 3.44. The lowest BCUT2D eigenvalue weighted by Crippen LogP contribution is -2.42. The zero-order chi connectivity index (χ0) is 21.9. The van der Waals surface area contributed by atoms with Crippen LogP contribution in [0.25, 0.3) is 0 Å². The summed E-state index contributed by atoms with van der Waals surface area (Å²) in [5, 5.41) is 23.3. The van der Waals surface area contributed by atoms with E-state index in [1.807, 2.05) is 6.92 Å². The van der Waals surface area contributed by atoms with Crippen molar-refractivity contribution in [1.82, 2.24) is 5.32 Å². The molecule has 168 valence electrons. The SMILES string of the molecule is CCCCCC[C@@H](C)/C=C(C)/C=C/C(=O)N[C@H]1C[C@@]2(C=C(Cl)[C@@H](O)[C@H]3O[C@H]32)O[C@H]1O. The summed E-state index contributed by atoms with van der Waals surface area (Å²) in [4.78, 5) is 12.4. The lowest BCUT2D eigenvalue weighted by Gasteiger charge is -2.27. The van der Waals surface area contributed by atoms with Gasteiger partial charge in [-0.3, -0.25) is 4.79 Å². The van der Waals surface area contributed by atoms with Crippen LogP contribution in [-0.2, 0) is 14.3 Å². The van der Waals surface area contributed by atoms with Crippen molar-refractivity contribution in [3.63, 3.8) is 0 Å². The summed E-state index contributed by atoms with van der Waals surface area (Å²) in [7, 11) is 0. The van der Waals surface area contributed by atoms with Crippen molar-refractivity contribution < 1.29 is 24.5 Å². The van der Waals surface area contributed by atoms with Crippen molar-refractivity contribution in [3.05, 3.63) is 34.9 Å². The highest BCUT2D eigenvalue weighted by atomic mass is 35.5. The molecule has 3 N–H and O–H groups in total. The number of carbonyl (C=O) groups excluding carboxylic acids is 1. The Morgan fingerprint density at radius 1 is 1.37 bits per heavy atom. The molecule has 0 aromatic carbocycles. The van der Waals surface area contributed by atoms with E-state index in [9.17, 15) is 15.0 Å². The number of hydrogen-bond acceptors (Lipinski definition) is 5. The smallest absolute Gasteiger partial charge is 0.244 e. The molecule has 3 rings (SSSR count). The van der Waals surface area contributed by atoms with Crippen LogP contribution >= 0.6 is 11.6 Å². The number of rotatable bonds is 9. The molecule has 1 aliphatic carbocycles. The van der Waals surface area contributed by atoms with Crippen LogP contribution in [0.1, 0.15) is 59.3 Å². The Bertz CT molecular complexity index is 720. The van der Waals surface area contributed by atoms with Gasteiger partial charge in [0.2, 0.25) is 5.91 Å². The van der Waals surface area contributed by atoms with Crippen LogP contribution in [0, 0.1) is 5.92 Å². The number of halogens is 1. The van der Waals surface area contributed by atoms with Gasteiger partial charge < -0.3 is 25.0 Å². The molecule has 0 aromatic heterocycles. The Morgan fingerprint density at radius 3 is 2.87 bits per heavy atom. The van der Waals surface area contributed by atoms with Crippen molar-refractivity contribution >= 4 is 17.5 Å². The first-order valence-electron chi connectivity index (χ1n) is 11.0. The van der Waals surface area contributed by atoms with Crippen LogP contribution in [0.5, 0.6) is 0 Å². The number of ether oxygens (including phenoxy) is 2. The largest absolute Gasteiger partial charge is 0.385 e. The number of fused-ring (bicyclic) bond motifs is 2. The second kappa shape index (κ2) is 9.96. The molecule has 0 saturated carbocycles. The number of aliphatic hydroxyl groups is 2. The van der Waals surface area contributed by atoms with E-state index in [4.69, 9.17) is 21.1 Å². The summed E-state index contributed by atoms with van der Waals surface area (Å²) in [5.41, 5.74) is 0.128. The minimum Gasteiger partial charge on any atom is -0.385 e. The minimum atomic E-state index is -1.16. The third-order valence-corrected chi connectivity index (χ3v) is 6.42. The van der Waals surface area contributed by atoms with Gasteiger partial charge in [0.05, 0.1) is 6.04 Å². The van der Waals surface area contributed by atoms with Gasteiger partial charge in [0.1, 0.15) is 23.9 Å². The number of epoxide rings is 1. The summed E-state index contributed by atoms with van der Waals surface area (Å²) < 4.78 is 11.2. The van der Waals surface area contributed by atoms with Crippen LogP contribution in [-0.4, -0.2) is 52.4 Å². The molecule has 7 atom stereocenters. The topological polar surface area (TPSA) is 91.3 Å². The molecule has 2 saturated heterocycles. The van der Waals surface area contributed by atoms with Crippen LogP contribution in [0.15, 0.2) is 34.9 Å². The Labute approximate surface area is 184 Å². The first kappa shape index (κ1) is 23.5. The zero-order valence-electron chi connectivity index (χ0n) is 18.0. The normalized spacial score (nSPS) is 36.7. The van der Waals surface area contributed by atoms with Crippen molar-refractivity contribution in [3.8, 4) is 0 Å². The Hall–Kier alpha value is -1.18. The first-order chi connectivity index (χ1) is 14.3. The number of aliphatic hydroxyl groups excluding tert-OH is 2. The van der Waals surface area contributed by atoms with Gasteiger partial charge in [-0.15, -0.1) is 0 Å². The number of nitrogens with one attached hydrogen (secondary N) is 1. The molecule has 0 radical (unpaired) electrons. The van der Waals surface area contributed by atoms with Gasteiger partial charge in [0, 0.05) is 17.5 Å². The van der Waals surface area contributed by atoms with Crippen LogP contribution < -0.4 is 5.32 Å². The number of carbonyl (C=O) groups is 1. The molecule has 7 heteroatoms. The molecule has 2 aliphatic heterocycles. The van der Waals surface area contributed by atoms with Crippen molar-refractivity contribution in [1.29, 1.82) is 0 Å². The maximum atomic E-state index is 12.4. The second-order valence-electron chi connectivity index (χ2n) is 8.85. The Balaban J connectivity index is 1.50. The van der Waals surface area contributed by atoms with E-state index in [0.29, 0.717) is 12.3 Å². The van der Waals surface area contributed by atoms with E-state index in [0.717, 1.165) is 12.0 Å². The van der Waals surface area contributed by atoms with Gasteiger partial charge >= 0.3 is 0 Å². The predicted octanol–water partition coefficient (Wildman–Crippen LogP) is 3.32. The van der Waals surface area contributed by atoms with Gasteiger partial charge in [0.25, 0.3) is 0 Å². The van der Waals surface area contributed by atoms with Gasteiger partial charge in [-0.2, -0.15) is 0 Å². The average molecular weight is 440 g/mol. The molecule has 2 heterocycles. The maximum Gasteiger partial charge on any atom is 0.244 e. The first-order valence-corrected chi connectivity index (χ1v) is 11.4. The molecule has 2 fully saturated rings. The lowest BCUT2D eigenvalue weighted by molar-refractivity contribution is -0.137. The molecule has 3 aliphatic rings. The zero-order valence-corrected chi connectivity index (χ0v) is 18.8. The molecular weight excluding hydrogens is 406 g/mol. The third-order valence-electron chi connectivity index (χ3n) is 6.09. The van der Waals surface area contributed by atoms with Crippen LogP contribution in [0.3, 0.4) is 0 Å². The molecule has 0 aromatic rings. The summed E-state index contributed by atoms with van der Waals surface area (Å²) in [5.74, 6) is 0.186. The highest BCUT2D eigenvalue weighted by molar-refractivity contribution is 6.30. The summed E-state index contributed by atoms with van der Waals surface area (Å²) in [6, 6.07) is -0.579. The van der Waals surface area contributed by atoms with Crippen molar-refractivity contribution in [2.24, 2.45) is 5.92 Å². The standard InChI is InChI=1S/C23H34ClNO5/c1-4-5-6-7-8-14(2)11-15(3)9-10-18(26)25-17-13-23(30-22(17)28)12-16(24)19(27)20-21(23)29-20/h9-12,14,17,19-22,27-28H,4-8,13H2,1-3H3,(H,25,26)/b10-9+,15-11+/t14-,17+,19-,20-,21-,22-,23-/m1/s1. The molecule has 1 amide bonds. The summed E-state index contributed by atoms with van der Waals surface area (Å²) >= 11 is 6.10. The van der Waals surface area contributed by atoms with E-state index >= 15 is 0 Å². The molecule has 1 spiro atoms. The number of hydrogen-bond donors (Lipinski definition) is 3. The van der Waals surface area contributed by atoms with Gasteiger partial charge in [-0.1, -0.05) is 68.9 Å². The fraction of sp³-hybridized carbons (Fsp3) is 0.696. The highest BCUT2D eigenvalue weighted by Crippen LogP contribution is 2.50. The second-order valence-corrected chi connectivity index (χ2v) is 9.29. The quantitative estimate of drug-likeness (QED) is 0.222. The maximum absolute atomic E-state index is 12.4. The van der Waals surface area contributed by atoms with Gasteiger partial charge in [-0.05, 0) is 25.3 Å². The van der Waals surface area contributed by atoms with Crippen molar-refractivity contribution in [2.75, 3.05) is 0 Å². The summed E-state index contributed by atoms with van der Waals surface area (Å²) in [6.07, 6.45) is 10.8. The lowest BCUT2D eigenvalue weighted by atomic mass is 9.86. The van der Waals surface area contributed by atoms with Crippen LogP contribution in [0.2, 0.25) is 0 Å². The molecule has 0 unspecified atom stereocenters.